The van der Waals surface area contributed by atoms with Crippen molar-refractivity contribution >= 4 is 27.6 Å². The molecule has 0 rings (SSSR count). The molecule has 0 fully saturated rings. The first kappa shape index (κ1) is 23.2. The molecule has 0 aromatic heterocycles. The Morgan fingerprint density at radius 2 is 1.22 bits per heavy atom. The molecule has 2 nitrogen and oxygen atoms in total. The van der Waals surface area contributed by atoms with Crippen molar-refractivity contribution < 1.29 is 9.53 Å². The summed E-state index contributed by atoms with van der Waals surface area (Å²) in [5.41, 5.74) is 0. The molecule has 23 heavy (non-hydrogen) atoms. The average Bonchev–Trinajstić information content (AvgIpc) is 2.56. The second-order valence-corrected chi connectivity index (χ2v) is 8.85. The van der Waals surface area contributed by atoms with Gasteiger partial charge in [-0.05, 0) is 12.8 Å². The normalized spacial score (nSPS) is 10.9. The van der Waals surface area contributed by atoms with Crippen LogP contribution in [0.1, 0.15) is 97.3 Å². The molecule has 0 aliphatic heterocycles. The van der Waals surface area contributed by atoms with Crippen molar-refractivity contribution in [2.75, 3.05) is 18.1 Å². The highest BCUT2D eigenvalue weighted by Crippen LogP contribution is 2.23. The highest BCUT2D eigenvalue weighted by molar-refractivity contribution is 8.76. The number of ether oxygens (including phenoxy) is 1. The summed E-state index contributed by atoms with van der Waals surface area (Å²) >= 11 is 0. The minimum atomic E-state index is -0.0236. The van der Waals surface area contributed by atoms with Crippen LogP contribution in [0.2, 0.25) is 0 Å². The number of unbranched alkanes of at least 4 members (excludes halogenated alkanes) is 10. The van der Waals surface area contributed by atoms with Gasteiger partial charge in [0.1, 0.15) is 0 Å². The van der Waals surface area contributed by atoms with Crippen LogP contribution in [0.25, 0.3) is 0 Å². The van der Waals surface area contributed by atoms with E-state index in [1.165, 1.54) is 76.4 Å². The standard InChI is InChI=1S/C19H38O2S2/c1-3-5-7-8-9-10-11-12-13-14-16-21-19(20)15-18-23-22-17-6-4-2/h3-18H2,1-2H3. The zero-order valence-corrected chi connectivity index (χ0v) is 17.1. The van der Waals surface area contributed by atoms with Gasteiger partial charge in [0.2, 0.25) is 0 Å². The van der Waals surface area contributed by atoms with E-state index in [0.29, 0.717) is 13.0 Å². The van der Waals surface area contributed by atoms with Crippen LogP contribution in [-0.2, 0) is 9.53 Å². The maximum absolute atomic E-state index is 11.5. The van der Waals surface area contributed by atoms with Crippen LogP contribution >= 0.6 is 21.6 Å². The van der Waals surface area contributed by atoms with E-state index in [1.807, 2.05) is 10.8 Å². The Hall–Kier alpha value is 0.170. The molecule has 0 unspecified atom stereocenters. The summed E-state index contributed by atoms with van der Waals surface area (Å²) in [5.74, 6) is 2.05. The summed E-state index contributed by atoms with van der Waals surface area (Å²) in [7, 11) is 3.67. The maximum atomic E-state index is 11.5. The molecule has 0 aliphatic rings. The van der Waals surface area contributed by atoms with Gasteiger partial charge in [-0.2, -0.15) is 0 Å². The Bertz CT molecular complexity index is 248. The summed E-state index contributed by atoms with van der Waals surface area (Å²) in [6.07, 6.45) is 16.2. The lowest BCUT2D eigenvalue weighted by atomic mass is 10.1. The van der Waals surface area contributed by atoms with Crippen LogP contribution in [0.5, 0.6) is 0 Å². The summed E-state index contributed by atoms with van der Waals surface area (Å²) in [4.78, 5) is 11.5. The minimum Gasteiger partial charge on any atom is -0.466 e. The van der Waals surface area contributed by atoms with E-state index in [-0.39, 0.29) is 5.97 Å². The van der Waals surface area contributed by atoms with Crippen molar-refractivity contribution in [2.24, 2.45) is 0 Å². The third-order valence-electron chi connectivity index (χ3n) is 3.82. The van der Waals surface area contributed by atoms with Gasteiger partial charge in [-0.25, -0.2) is 0 Å². The highest BCUT2D eigenvalue weighted by atomic mass is 33.1. The lowest BCUT2D eigenvalue weighted by Gasteiger charge is -2.05. The molecule has 0 aromatic rings. The van der Waals surface area contributed by atoms with Crippen LogP contribution in [0.4, 0.5) is 0 Å². The number of hydrogen-bond acceptors (Lipinski definition) is 4. The number of rotatable bonds is 18. The van der Waals surface area contributed by atoms with E-state index in [4.69, 9.17) is 4.74 Å². The average molecular weight is 363 g/mol. The first-order valence-corrected chi connectivity index (χ1v) is 12.2. The van der Waals surface area contributed by atoms with Crippen LogP contribution in [0.15, 0.2) is 0 Å². The minimum absolute atomic E-state index is 0.0236. The molecular formula is C19H38O2S2. The first-order chi connectivity index (χ1) is 11.3. The van der Waals surface area contributed by atoms with Crippen molar-refractivity contribution in [2.45, 2.75) is 97.3 Å². The molecule has 0 aliphatic carbocycles. The predicted octanol–water partition coefficient (Wildman–Crippen LogP) is 7.02. The largest absolute Gasteiger partial charge is 0.466 e. The third-order valence-corrected chi connectivity index (χ3v) is 6.31. The fourth-order valence-corrected chi connectivity index (χ4v) is 4.50. The SMILES string of the molecule is CCCCCCCCCCCCOC(=O)CCSSCCCC. The molecule has 4 heteroatoms. The van der Waals surface area contributed by atoms with E-state index in [1.54, 1.807) is 10.8 Å². The molecule has 0 atom stereocenters. The van der Waals surface area contributed by atoms with Gasteiger partial charge in [0.05, 0.1) is 13.0 Å². The predicted molar refractivity (Wildman–Crippen MR) is 107 cm³/mol. The molecule has 0 saturated heterocycles. The maximum Gasteiger partial charge on any atom is 0.306 e. The molecule has 0 spiro atoms. The Morgan fingerprint density at radius 1 is 0.696 bits per heavy atom. The number of hydrogen-bond donors (Lipinski definition) is 0. The Labute approximate surface area is 152 Å². The van der Waals surface area contributed by atoms with Crippen molar-refractivity contribution in [3.63, 3.8) is 0 Å². The van der Waals surface area contributed by atoms with Gasteiger partial charge in [-0.15, -0.1) is 0 Å². The molecule has 0 saturated carbocycles. The Kier molecular flexibility index (Phi) is 20.4. The van der Waals surface area contributed by atoms with Crippen molar-refractivity contribution in [1.82, 2.24) is 0 Å². The molecule has 0 heterocycles. The summed E-state index contributed by atoms with van der Waals surface area (Å²) in [5, 5.41) is 0. The van der Waals surface area contributed by atoms with Crippen molar-refractivity contribution in [3.05, 3.63) is 0 Å². The molecule has 0 N–H and O–H groups in total. The quantitative estimate of drug-likeness (QED) is 0.149. The van der Waals surface area contributed by atoms with E-state index in [9.17, 15) is 4.79 Å². The fraction of sp³-hybridized carbons (Fsp3) is 0.947. The summed E-state index contributed by atoms with van der Waals surface area (Å²) < 4.78 is 5.28. The number of carbonyl (C=O) groups excluding carboxylic acids is 1. The van der Waals surface area contributed by atoms with Crippen molar-refractivity contribution in [3.8, 4) is 0 Å². The smallest absolute Gasteiger partial charge is 0.306 e. The topological polar surface area (TPSA) is 26.3 Å². The van der Waals surface area contributed by atoms with E-state index >= 15 is 0 Å². The lowest BCUT2D eigenvalue weighted by molar-refractivity contribution is -0.143. The fourth-order valence-electron chi connectivity index (χ4n) is 2.29. The van der Waals surface area contributed by atoms with E-state index in [0.717, 1.165) is 12.2 Å². The van der Waals surface area contributed by atoms with Crippen molar-refractivity contribution in [1.29, 1.82) is 0 Å². The van der Waals surface area contributed by atoms with Gasteiger partial charge in [0.25, 0.3) is 0 Å². The molecule has 0 bridgehead atoms. The second kappa shape index (κ2) is 20.2. The Balaban J connectivity index is 3.11. The third kappa shape index (κ3) is 20.1. The summed E-state index contributed by atoms with van der Waals surface area (Å²) in [6.45, 7) is 5.08. The lowest BCUT2D eigenvalue weighted by Crippen LogP contribution is -2.06. The van der Waals surface area contributed by atoms with Gasteiger partial charge in [-0.3, -0.25) is 4.79 Å². The van der Waals surface area contributed by atoms with E-state index in [2.05, 4.69) is 13.8 Å². The Morgan fingerprint density at radius 3 is 1.83 bits per heavy atom. The van der Waals surface area contributed by atoms with E-state index < -0.39 is 0 Å². The molecule has 138 valence electrons. The van der Waals surface area contributed by atoms with Gasteiger partial charge >= 0.3 is 5.97 Å². The second-order valence-electron chi connectivity index (χ2n) is 6.15. The molecule has 0 radical (unpaired) electrons. The molecular weight excluding hydrogens is 324 g/mol. The van der Waals surface area contributed by atoms with Gasteiger partial charge in [-0.1, -0.05) is 99.6 Å². The number of carbonyl (C=O) groups is 1. The van der Waals surface area contributed by atoms with Gasteiger partial charge in [0, 0.05) is 11.5 Å². The molecule has 0 amide bonds. The first-order valence-electron chi connectivity index (χ1n) is 9.71. The van der Waals surface area contributed by atoms with Gasteiger partial charge in [0.15, 0.2) is 0 Å². The highest BCUT2D eigenvalue weighted by Gasteiger charge is 2.02. The van der Waals surface area contributed by atoms with Gasteiger partial charge < -0.3 is 4.74 Å². The zero-order chi connectivity index (χ0) is 17.0. The zero-order valence-electron chi connectivity index (χ0n) is 15.4. The molecule has 0 aromatic carbocycles. The van der Waals surface area contributed by atoms with Crippen LogP contribution in [0, 0.1) is 0 Å². The summed E-state index contributed by atoms with van der Waals surface area (Å²) in [6, 6.07) is 0. The van der Waals surface area contributed by atoms with Crippen LogP contribution in [-0.4, -0.2) is 24.1 Å². The van der Waals surface area contributed by atoms with Crippen LogP contribution in [0.3, 0.4) is 0 Å². The van der Waals surface area contributed by atoms with Crippen LogP contribution < -0.4 is 0 Å². The monoisotopic (exact) mass is 362 g/mol. The number of esters is 1.